The molecule has 48 heteroatoms. The highest BCUT2D eigenvalue weighted by Crippen LogP contribution is 2.43. The SMILES string of the molecule is O=C(O)COc1c2cc(S(=O)(=O)NCC(=O)NC(CO)(CO)CO)cc1Cc1cc(S(=O)(=O)NCC(=O)NC(CO)(CO)CO)cc(c1OCC(=O)O)Cc1cc(S(=O)(=O)NCC(=O)NC(CO)(CO)CO)cc(c1OCC(=O)NCc1cc3c4ccccc4ccc3c3ccccc13)Cc1cc(S(=O)(=O)NCC(=O)NC(CO)(CO)CO)cc(c1OCC(=O)O)C2. The number of ether oxygens (including phenoxy) is 4. The van der Waals surface area contributed by atoms with E-state index in [9.17, 15) is 115 Å². The van der Waals surface area contributed by atoms with Crippen molar-refractivity contribution < 1.29 is 168 Å². The van der Waals surface area contributed by atoms with E-state index < -0.39 is 354 Å². The van der Waals surface area contributed by atoms with E-state index in [1.807, 2.05) is 67.4 Å². The van der Waals surface area contributed by atoms with Gasteiger partial charge < -0.3 is 122 Å². The highest BCUT2D eigenvalue weighted by molar-refractivity contribution is 7.90. The summed E-state index contributed by atoms with van der Waals surface area (Å²) in [5.74, 6) is -14.6. The molecule has 0 fully saturated rings. The second-order valence-corrected chi connectivity index (χ2v) is 36.6. The van der Waals surface area contributed by atoms with Crippen LogP contribution in [0.25, 0.3) is 32.3 Å². The number of carboxylic acid groups (broad SMARTS) is 3. The second kappa shape index (κ2) is 42.5. The maximum atomic E-state index is 15.3. The second-order valence-electron chi connectivity index (χ2n) is 29.6. The van der Waals surface area contributed by atoms with Crippen LogP contribution in [0.15, 0.2) is 135 Å². The highest BCUT2D eigenvalue weighted by atomic mass is 32.2. The van der Waals surface area contributed by atoms with Gasteiger partial charge in [0.2, 0.25) is 63.7 Å². The number of fused-ring (bicyclic) bond motifs is 13. The largest absolute Gasteiger partial charge is 0.483 e. The Morgan fingerprint density at radius 1 is 0.291 bits per heavy atom. The molecule has 0 saturated carbocycles. The van der Waals surface area contributed by atoms with Crippen LogP contribution in [0.5, 0.6) is 23.0 Å². The first kappa shape index (κ1) is 99.4. The number of hydrogen-bond acceptors (Lipinski definition) is 32. The molecule has 44 nitrogen and oxygen atoms in total. The van der Waals surface area contributed by atoms with E-state index in [1.54, 1.807) is 18.2 Å². The molecule has 0 unspecified atom stereocenters. The van der Waals surface area contributed by atoms with Gasteiger partial charge in [-0.25, -0.2) is 66.9 Å². The molecule has 8 bridgehead atoms. The number of carbonyl (C=O) groups is 8. The van der Waals surface area contributed by atoms with Crippen molar-refractivity contribution in [3.63, 3.8) is 0 Å². The summed E-state index contributed by atoms with van der Waals surface area (Å²) in [6, 6.07) is 26.3. The van der Waals surface area contributed by atoms with Gasteiger partial charge in [-0.1, -0.05) is 60.7 Å². The fourth-order valence-corrected chi connectivity index (χ4v) is 17.7. The molecule has 24 N–H and O–H groups in total. The highest BCUT2D eigenvalue weighted by Gasteiger charge is 2.38. The normalized spacial score (nSPS) is 12.9. The van der Waals surface area contributed by atoms with E-state index in [0.717, 1.165) is 63.3 Å². The lowest BCUT2D eigenvalue weighted by Crippen LogP contribution is -2.58. The van der Waals surface area contributed by atoms with Gasteiger partial charge in [-0.05, 0) is 92.5 Å². The third-order valence-corrected chi connectivity index (χ3v) is 25.8. The topological polar surface area (TPSA) is 722 Å². The summed E-state index contributed by atoms with van der Waals surface area (Å²) < 4.78 is 154. The Morgan fingerprint density at radius 2 is 0.535 bits per heavy atom. The Bertz CT molecular complexity index is 5750. The minimum Gasteiger partial charge on any atom is -0.483 e. The monoisotopic (exact) mass is 1860 g/mol. The summed E-state index contributed by atoms with van der Waals surface area (Å²) >= 11 is 0. The third kappa shape index (κ3) is 24.3. The molecule has 127 heavy (non-hydrogen) atoms. The summed E-state index contributed by atoms with van der Waals surface area (Å²) in [6.45, 7) is -24.3. The van der Waals surface area contributed by atoms with Gasteiger partial charge in [-0.3, -0.25) is 24.0 Å². The van der Waals surface area contributed by atoms with Crippen molar-refractivity contribution in [3.05, 3.63) is 165 Å². The molecule has 0 atom stereocenters. The van der Waals surface area contributed by atoms with Gasteiger partial charge in [-0.2, -0.15) is 0 Å². The van der Waals surface area contributed by atoms with Gasteiger partial charge in [0.1, 0.15) is 45.2 Å². The molecule has 688 valence electrons. The van der Waals surface area contributed by atoms with Crippen molar-refractivity contribution in [2.24, 2.45) is 0 Å². The van der Waals surface area contributed by atoms with Crippen molar-refractivity contribution in [2.75, 3.05) is 132 Å². The number of rotatable bonds is 46. The van der Waals surface area contributed by atoms with Crippen molar-refractivity contribution in [2.45, 2.75) is 74.0 Å². The van der Waals surface area contributed by atoms with Crippen molar-refractivity contribution in [1.82, 2.24) is 45.5 Å². The van der Waals surface area contributed by atoms with Gasteiger partial charge in [0.05, 0.1) is 125 Å². The quantitative estimate of drug-likeness (QED) is 0.0158. The first-order valence-electron chi connectivity index (χ1n) is 38.1. The van der Waals surface area contributed by atoms with Gasteiger partial charge in [0, 0.05) is 76.7 Å². The Hall–Kier alpha value is -11.3. The van der Waals surface area contributed by atoms with Crippen LogP contribution in [-0.4, -0.2) is 312 Å². The number of nitrogens with one attached hydrogen (secondary N) is 9. The van der Waals surface area contributed by atoms with Gasteiger partial charge in [0.15, 0.2) is 26.4 Å². The van der Waals surface area contributed by atoms with Crippen LogP contribution in [0.1, 0.15) is 50.1 Å². The number of aliphatic hydroxyl groups is 12. The molecule has 5 amide bonds. The van der Waals surface area contributed by atoms with E-state index in [1.165, 1.54) is 0 Å². The van der Waals surface area contributed by atoms with Crippen LogP contribution in [-0.2, 0) is 111 Å². The molecule has 9 rings (SSSR count). The predicted molar refractivity (Wildman–Crippen MR) is 442 cm³/mol. The van der Waals surface area contributed by atoms with E-state index >= 15 is 33.7 Å². The Labute approximate surface area is 723 Å². The molecule has 0 aliphatic heterocycles. The van der Waals surface area contributed by atoms with E-state index in [0.29, 0.717) is 23.1 Å². The van der Waals surface area contributed by atoms with Crippen molar-refractivity contribution >= 4 is 120 Å². The molecule has 8 aromatic carbocycles. The Kier molecular flexibility index (Phi) is 33.3. The van der Waals surface area contributed by atoms with Crippen LogP contribution in [0.4, 0.5) is 0 Å². The summed E-state index contributed by atoms with van der Waals surface area (Å²) in [4.78, 5) is 104. The first-order chi connectivity index (χ1) is 60.1. The molecule has 0 saturated heterocycles. The standard InChI is InChI=1S/C79H93N9O35S4/c89-33-76(34-90,35-91)85-64(101)25-81-124(112,113)55-15-46-11-48-17-56(125(114,115)82-26-65(102)86-77(36-92,37-93)38-94)19-50(73(48)121-30-69(106)107)13-52-21-58(127(118,119)84-28-67(104)88-79(42-98,43-99)44-100)22-53(75(52)123-32-71(110)111)14-51-20-57(126(116,117)83-27-66(103)87-78(39-95,40-96)41-97)18-49(74(51)122-31-70(108)109)12-47(16-55)72(46)120-29-68(105)80-24-54-23-63-59-6-2-1-5-45(59)9-10-62(63)61-8-4-3-7-60(54)61/h1-10,15-23,81-84,89-100H,11-14,24-44H2,(H,80,105)(H,85,101)(H,86,102)(H,87,103)(H,88,104)(H,106,107)(H,108,109)(H,110,111). The van der Waals surface area contributed by atoms with Crippen molar-refractivity contribution in [3.8, 4) is 23.0 Å². The molecule has 1 aliphatic rings. The maximum Gasteiger partial charge on any atom is 0.341 e. The maximum absolute atomic E-state index is 15.3. The van der Waals surface area contributed by atoms with Crippen molar-refractivity contribution in [1.29, 1.82) is 0 Å². The third-order valence-electron chi connectivity index (χ3n) is 20.3. The van der Waals surface area contributed by atoms with E-state index in [2.05, 4.69) is 26.6 Å². The average molecular weight is 1860 g/mol. The first-order valence-corrected chi connectivity index (χ1v) is 44.0. The molecule has 0 aromatic heterocycles. The zero-order valence-corrected chi connectivity index (χ0v) is 70.4. The molecule has 0 heterocycles. The number of sulfonamides is 4. The molecule has 1 aliphatic carbocycles. The zero-order valence-electron chi connectivity index (χ0n) is 67.2. The molecule has 0 spiro atoms. The fraction of sp³-hybridized carbons (Fsp3) is 0.367. The summed E-state index contributed by atoms with van der Waals surface area (Å²) in [5, 5.41) is 168. The number of aliphatic hydroxyl groups excluding tert-OH is 12. The number of amides is 5. The number of aliphatic carboxylic acids is 3. The zero-order chi connectivity index (χ0) is 93.2. The smallest absolute Gasteiger partial charge is 0.341 e. The lowest BCUT2D eigenvalue weighted by atomic mass is 9.91. The number of carboxylic acids is 3. The lowest BCUT2D eigenvalue weighted by molar-refractivity contribution is -0.140. The number of carbonyl (C=O) groups excluding carboxylic acids is 5. The van der Waals surface area contributed by atoms with Gasteiger partial charge in [0.25, 0.3) is 5.91 Å². The van der Waals surface area contributed by atoms with Crippen LogP contribution < -0.4 is 64.4 Å². The molecular weight excluding hydrogens is 1760 g/mol. The Balaban J connectivity index is 1.40. The fourth-order valence-electron chi connectivity index (χ4n) is 13.4. The average Bonchev–Trinajstić information content (AvgIpc) is 0.769. The van der Waals surface area contributed by atoms with Crippen LogP contribution in [0.2, 0.25) is 0 Å². The predicted octanol–water partition coefficient (Wildman–Crippen LogP) is -6.65. The Morgan fingerprint density at radius 3 is 0.803 bits per heavy atom. The minimum absolute atomic E-state index is 0.256. The molecular formula is C79H93N9O35S4. The van der Waals surface area contributed by atoms with Gasteiger partial charge >= 0.3 is 17.9 Å². The number of benzene rings is 8. The van der Waals surface area contributed by atoms with Crippen LogP contribution in [0, 0.1) is 0 Å². The number of hydrogen-bond donors (Lipinski definition) is 24. The van der Waals surface area contributed by atoms with Crippen LogP contribution in [0.3, 0.4) is 0 Å². The molecule has 0 radical (unpaired) electrons. The lowest BCUT2D eigenvalue weighted by Gasteiger charge is -2.28. The van der Waals surface area contributed by atoms with Crippen LogP contribution >= 0.6 is 0 Å². The summed E-state index contributed by atoms with van der Waals surface area (Å²) in [7, 11) is -21.5. The molecule has 8 aromatic rings. The van der Waals surface area contributed by atoms with Gasteiger partial charge in [-0.15, -0.1) is 0 Å². The minimum atomic E-state index is -5.39. The van der Waals surface area contributed by atoms with E-state index in [-0.39, 0.29) is 6.54 Å². The van der Waals surface area contributed by atoms with E-state index in [4.69, 9.17) is 18.9 Å². The summed E-state index contributed by atoms with van der Waals surface area (Å²) in [5.41, 5.74) is -13.2. The summed E-state index contributed by atoms with van der Waals surface area (Å²) in [6.07, 6.45) is -4.53.